The SMILES string of the molecule is Cc1cc(N)c(C(=O)NC2CCCC2C)cn1. The Kier molecular flexibility index (Phi) is 3.31. The van der Waals surface area contributed by atoms with Crippen LogP contribution < -0.4 is 11.1 Å². The van der Waals surface area contributed by atoms with Gasteiger partial charge >= 0.3 is 0 Å². The summed E-state index contributed by atoms with van der Waals surface area (Å²) in [4.78, 5) is 16.2. The number of hydrogen-bond acceptors (Lipinski definition) is 3. The molecule has 1 aromatic heterocycles. The highest BCUT2D eigenvalue weighted by molar-refractivity contribution is 5.99. The van der Waals surface area contributed by atoms with E-state index in [1.54, 1.807) is 12.3 Å². The summed E-state index contributed by atoms with van der Waals surface area (Å²) in [5.74, 6) is 0.451. The molecule has 1 aliphatic carbocycles. The number of aryl methyl sites for hydroxylation is 1. The van der Waals surface area contributed by atoms with Crippen molar-refractivity contribution in [3.63, 3.8) is 0 Å². The number of aromatic nitrogens is 1. The maximum absolute atomic E-state index is 12.0. The molecule has 92 valence electrons. The number of nitrogens with one attached hydrogen (secondary N) is 1. The molecule has 4 heteroatoms. The van der Waals surface area contributed by atoms with Crippen molar-refractivity contribution in [2.75, 3.05) is 5.73 Å². The van der Waals surface area contributed by atoms with Gasteiger partial charge in [0.1, 0.15) is 0 Å². The van der Waals surface area contributed by atoms with E-state index in [1.807, 2.05) is 6.92 Å². The highest BCUT2D eigenvalue weighted by Crippen LogP contribution is 2.25. The number of nitrogens with zero attached hydrogens (tertiary/aromatic N) is 1. The topological polar surface area (TPSA) is 68.0 Å². The van der Waals surface area contributed by atoms with Crippen molar-refractivity contribution in [3.05, 3.63) is 23.5 Å². The number of anilines is 1. The molecule has 0 radical (unpaired) electrons. The molecule has 4 nitrogen and oxygen atoms in total. The van der Waals surface area contributed by atoms with Gasteiger partial charge in [-0.3, -0.25) is 9.78 Å². The van der Waals surface area contributed by atoms with E-state index in [0.29, 0.717) is 17.2 Å². The van der Waals surface area contributed by atoms with Crippen molar-refractivity contribution in [2.24, 2.45) is 5.92 Å². The van der Waals surface area contributed by atoms with Crippen LogP contribution in [0.5, 0.6) is 0 Å². The van der Waals surface area contributed by atoms with Gasteiger partial charge in [0.25, 0.3) is 5.91 Å². The molecule has 0 bridgehead atoms. The Morgan fingerprint density at radius 3 is 2.88 bits per heavy atom. The average molecular weight is 233 g/mol. The van der Waals surface area contributed by atoms with Crippen LogP contribution in [0.25, 0.3) is 0 Å². The Balaban J connectivity index is 2.09. The molecule has 17 heavy (non-hydrogen) atoms. The van der Waals surface area contributed by atoms with E-state index in [1.165, 1.54) is 12.8 Å². The van der Waals surface area contributed by atoms with Crippen molar-refractivity contribution in [3.8, 4) is 0 Å². The molecule has 0 aromatic carbocycles. The molecule has 1 saturated carbocycles. The number of nitrogens with two attached hydrogens (primary N) is 1. The van der Waals surface area contributed by atoms with Gasteiger partial charge in [-0.25, -0.2) is 0 Å². The first kappa shape index (κ1) is 11.9. The number of amides is 1. The summed E-state index contributed by atoms with van der Waals surface area (Å²) in [5, 5.41) is 3.05. The van der Waals surface area contributed by atoms with Gasteiger partial charge in [-0.05, 0) is 31.7 Å². The second-order valence-corrected chi connectivity index (χ2v) is 4.90. The van der Waals surface area contributed by atoms with Crippen LogP contribution in [0.2, 0.25) is 0 Å². The van der Waals surface area contributed by atoms with Crippen LogP contribution in [0.1, 0.15) is 42.2 Å². The summed E-state index contributed by atoms with van der Waals surface area (Å²) >= 11 is 0. The van der Waals surface area contributed by atoms with E-state index in [9.17, 15) is 4.79 Å². The zero-order chi connectivity index (χ0) is 12.4. The lowest BCUT2D eigenvalue weighted by Crippen LogP contribution is -2.36. The number of carbonyl (C=O) groups is 1. The lowest BCUT2D eigenvalue weighted by atomic mass is 10.1. The number of carbonyl (C=O) groups excluding carboxylic acids is 1. The number of rotatable bonds is 2. The maximum Gasteiger partial charge on any atom is 0.255 e. The Hall–Kier alpha value is -1.58. The zero-order valence-electron chi connectivity index (χ0n) is 10.4. The summed E-state index contributed by atoms with van der Waals surface area (Å²) in [7, 11) is 0. The van der Waals surface area contributed by atoms with Crippen LogP contribution in [0, 0.1) is 12.8 Å². The monoisotopic (exact) mass is 233 g/mol. The van der Waals surface area contributed by atoms with Gasteiger partial charge < -0.3 is 11.1 Å². The molecule has 2 atom stereocenters. The molecule has 0 saturated heterocycles. The van der Waals surface area contributed by atoms with Crippen molar-refractivity contribution in [2.45, 2.75) is 39.2 Å². The fourth-order valence-corrected chi connectivity index (χ4v) is 2.38. The molecule has 0 aliphatic heterocycles. The Morgan fingerprint density at radius 2 is 2.29 bits per heavy atom. The van der Waals surface area contributed by atoms with Crippen LogP contribution in [0.3, 0.4) is 0 Å². The number of nitrogen functional groups attached to an aromatic ring is 1. The molecule has 1 amide bonds. The van der Waals surface area contributed by atoms with Gasteiger partial charge in [-0.2, -0.15) is 0 Å². The van der Waals surface area contributed by atoms with E-state index in [2.05, 4.69) is 17.2 Å². The van der Waals surface area contributed by atoms with Crippen LogP contribution >= 0.6 is 0 Å². The largest absolute Gasteiger partial charge is 0.398 e. The minimum Gasteiger partial charge on any atom is -0.398 e. The Labute approximate surface area is 102 Å². The third-order valence-electron chi connectivity index (χ3n) is 3.50. The second kappa shape index (κ2) is 4.73. The molecule has 2 rings (SSSR count). The molecule has 1 aliphatic rings. The molecule has 1 aromatic rings. The predicted octanol–water partition coefficient (Wildman–Crippen LogP) is 1.89. The molecule has 1 heterocycles. The quantitative estimate of drug-likeness (QED) is 0.819. The maximum atomic E-state index is 12.0. The lowest BCUT2D eigenvalue weighted by Gasteiger charge is -2.17. The summed E-state index contributed by atoms with van der Waals surface area (Å²) < 4.78 is 0. The van der Waals surface area contributed by atoms with E-state index in [0.717, 1.165) is 12.1 Å². The summed E-state index contributed by atoms with van der Waals surface area (Å²) in [6.45, 7) is 4.03. The van der Waals surface area contributed by atoms with Crippen LogP contribution in [-0.4, -0.2) is 16.9 Å². The Morgan fingerprint density at radius 1 is 1.53 bits per heavy atom. The average Bonchev–Trinajstić information content (AvgIpc) is 2.64. The minimum atomic E-state index is -0.103. The minimum absolute atomic E-state index is 0.103. The molecule has 2 unspecified atom stereocenters. The van der Waals surface area contributed by atoms with Crippen LogP contribution in [0.4, 0.5) is 5.69 Å². The van der Waals surface area contributed by atoms with Crippen molar-refractivity contribution in [1.82, 2.24) is 10.3 Å². The second-order valence-electron chi connectivity index (χ2n) is 4.90. The van der Waals surface area contributed by atoms with Crippen LogP contribution in [-0.2, 0) is 0 Å². The normalized spacial score (nSPS) is 23.6. The van der Waals surface area contributed by atoms with Gasteiger partial charge in [0.2, 0.25) is 0 Å². The third-order valence-corrected chi connectivity index (χ3v) is 3.50. The van der Waals surface area contributed by atoms with E-state index < -0.39 is 0 Å². The first-order chi connectivity index (χ1) is 8.08. The highest BCUT2D eigenvalue weighted by atomic mass is 16.1. The molecule has 0 spiro atoms. The lowest BCUT2D eigenvalue weighted by molar-refractivity contribution is 0.0930. The summed E-state index contributed by atoms with van der Waals surface area (Å²) in [6.07, 6.45) is 4.99. The van der Waals surface area contributed by atoms with Gasteiger partial charge in [0, 0.05) is 23.6 Å². The van der Waals surface area contributed by atoms with Crippen molar-refractivity contribution < 1.29 is 4.79 Å². The summed E-state index contributed by atoms with van der Waals surface area (Å²) in [6, 6.07) is 2.01. The third kappa shape index (κ3) is 2.57. The van der Waals surface area contributed by atoms with E-state index in [-0.39, 0.29) is 11.9 Å². The summed E-state index contributed by atoms with van der Waals surface area (Å²) in [5.41, 5.74) is 7.64. The van der Waals surface area contributed by atoms with Crippen molar-refractivity contribution in [1.29, 1.82) is 0 Å². The molecule has 1 fully saturated rings. The number of pyridine rings is 1. The number of hydrogen-bond donors (Lipinski definition) is 2. The molecular weight excluding hydrogens is 214 g/mol. The predicted molar refractivity (Wildman–Crippen MR) is 67.7 cm³/mol. The van der Waals surface area contributed by atoms with Gasteiger partial charge in [0.15, 0.2) is 0 Å². The van der Waals surface area contributed by atoms with E-state index in [4.69, 9.17) is 5.73 Å². The Bertz CT molecular complexity index is 431. The first-order valence-corrected chi connectivity index (χ1v) is 6.11. The standard InChI is InChI=1S/C13H19N3O/c1-8-4-3-5-12(8)16-13(17)10-7-15-9(2)6-11(10)14/h6-8,12H,3-5H2,1-2H3,(H2,14,15)(H,16,17). The molecular formula is C13H19N3O. The van der Waals surface area contributed by atoms with Gasteiger partial charge in [0.05, 0.1) is 5.56 Å². The van der Waals surface area contributed by atoms with E-state index >= 15 is 0 Å². The molecule has 3 N–H and O–H groups in total. The highest BCUT2D eigenvalue weighted by Gasteiger charge is 2.25. The fourth-order valence-electron chi connectivity index (χ4n) is 2.38. The van der Waals surface area contributed by atoms with Gasteiger partial charge in [-0.15, -0.1) is 0 Å². The first-order valence-electron chi connectivity index (χ1n) is 6.11. The van der Waals surface area contributed by atoms with Gasteiger partial charge in [-0.1, -0.05) is 13.3 Å². The fraction of sp³-hybridized carbons (Fsp3) is 0.538. The smallest absolute Gasteiger partial charge is 0.255 e. The zero-order valence-corrected chi connectivity index (χ0v) is 10.4. The van der Waals surface area contributed by atoms with Crippen molar-refractivity contribution >= 4 is 11.6 Å². The van der Waals surface area contributed by atoms with Crippen LogP contribution in [0.15, 0.2) is 12.3 Å².